The maximum absolute atomic E-state index is 8.52. The van der Waals surface area contributed by atoms with Crippen LogP contribution in [0.1, 0.15) is 9.99 Å². The quantitative estimate of drug-likeness (QED) is 0.265. The first-order valence-electron chi connectivity index (χ1n) is 0.667. The zero-order valence-electron chi connectivity index (χ0n) is 2.75. The van der Waals surface area contributed by atoms with Gasteiger partial charge < -0.3 is 9.11 Å². The Labute approximate surface area is 61.7 Å². The van der Waals surface area contributed by atoms with E-state index >= 15 is 0 Å². The smallest absolute Gasteiger partial charge is 0.759 e. The molecule has 0 unspecified atom stereocenters. The van der Waals surface area contributed by atoms with Crippen LogP contribution >= 0.6 is 0 Å². The van der Waals surface area contributed by atoms with Crippen LogP contribution in [0, 0.1) is 0 Å². The molecule has 0 aliphatic carbocycles. The van der Waals surface area contributed by atoms with Crippen LogP contribution in [0.25, 0.3) is 0 Å². The van der Waals surface area contributed by atoms with Gasteiger partial charge in [0.15, 0.2) is 0 Å². The summed E-state index contributed by atoms with van der Waals surface area (Å²) in [5.74, 6) is 0. The molecule has 0 heterocycles. The van der Waals surface area contributed by atoms with Crippen molar-refractivity contribution in [1.29, 1.82) is 0 Å². The molecule has 46 valence electrons. The van der Waals surface area contributed by atoms with Crippen LogP contribution in [0.2, 0.25) is 0 Å². The fourth-order valence-corrected chi connectivity index (χ4v) is 0. The van der Waals surface area contributed by atoms with Crippen molar-refractivity contribution in [3.05, 3.63) is 0 Å². The molecule has 0 saturated carbocycles. The molecule has 0 fully saturated rings. The van der Waals surface area contributed by atoms with E-state index in [2.05, 4.69) is 0 Å². The molecule has 6 heteroatoms. The van der Waals surface area contributed by atoms with E-state index in [1.165, 1.54) is 0 Å². The zero-order chi connectivity index (χ0) is 4.50. The molecule has 0 N–H and O–H groups in total. The van der Waals surface area contributed by atoms with Gasteiger partial charge in [0.1, 0.15) is 0 Å². The van der Waals surface area contributed by atoms with Crippen LogP contribution in [-0.4, -0.2) is 40.6 Å². The molecular weight excluding hydrogens is 120 g/mol. The summed E-state index contributed by atoms with van der Waals surface area (Å²) < 4.78 is 34.1. The van der Waals surface area contributed by atoms with E-state index in [1.54, 1.807) is 0 Å². The van der Waals surface area contributed by atoms with Gasteiger partial charge in [-0.25, -0.2) is 0 Å². The topological polar surface area (TPSA) is 80.3 Å². The summed E-state index contributed by atoms with van der Waals surface area (Å²) in [5.41, 5.74) is 0. The van der Waals surface area contributed by atoms with Crippen LogP contribution < -0.4 is 0 Å². The van der Waals surface area contributed by atoms with Gasteiger partial charge in [0, 0.05) is 20.4 Å². The van der Waals surface area contributed by atoms with Crippen molar-refractivity contribution in [2.24, 2.45) is 0 Å². The van der Waals surface area contributed by atoms with Crippen molar-refractivity contribution in [3.63, 3.8) is 0 Å². The van der Waals surface area contributed by atoms with Crippen LogP contribution in [0.15, 0.2) is 0 Å². The maximum Gasteiger partial charge on any atom is 2.00 e. The van der Waals surface area contributed by atoms with E-state index < -0.39 is 10.4 Å². The predicted octanol–water partition coefficient (Wildman–Crippen LogP) is 0.00320. The molecule has 0 aromatic carbocycles. The van der Waals surface area contributed by atoms with E-state index in [0.29, 0.717) is 0 Å². The molecule has 0 atom stereocenters. The van der Waals surface area contributed by atoms with Crippen LogP contribution in [-0.2, 0) is 10.4 Å². The Bertz CT molecular complexity index is 104. The minimum absolute atomic E-state index is 0. The number of hydrogen-bond acceptors (Lipinski definition) is 4. The standard InChI is InChI=1S/Mg.H2O4S.7H2/c;1-5(2,3)4;;;;;;;/h;(H2,1,2,3,4);7*1H/q+2;;;;;;;;/p-2. The SMILES string of the molecule is O=S(=O)([O-])[O-].[HH].[HH].[HH].[HH].[HH].[HH].[HH].[Mg+2]. The third-order valence-corrected chi connectivity index (χ3v) is 0. The molecule has 0 aliphatic rings. The van der Waals surface area contributed by atoms with Crippen molar-refractivity contribution < 1.29 is 27.5 Å². The molecule has 0 radical (unpaired) electrons. The average Bonchev–Trinajstić information content (AvgIpc) is 0.722. The van der Waals surface area contributed by atoms with Crippen LogP contribution in [0.3, 0.4) is 0 Å². The van der Waals surface area contributed by atoms with Crippen molar-refractivity contribution in [2.75, 3.05) is 0 Å². The number of rotatable bonds is 0. The Kier molecular flexibility index (Phi) is 4.50. The summed E-state index contributed by atoms with van der Waals surface area (Å²) in [7, 11) is -5.17. The van der Waals surface area contributed by atoms with E-state index in [9.17, 15) is 0 Å². The van der Waals surface area contributed by atoms with Gasteiger partial charge in [-0.15, -0.1) is 0 Å². The first-order valence-corrected chi connectivity index (χ1v) is 2.00. The summed E-state index contributed by atoms with van der Waals surface area (Å²) in [6.45, 7) is 0. The normalized spacial score (nSPS) is 9.67. The minimum atomic E-state index is -5.17. The van der Waals surface area contributed by atoms with Gasteiger partial charge in [-0.1, -0.05) is 0 Å². The van der Waals surface area contributed by atoms with Gasteiger partial charge >= 0.3 is 23.1 Å². The number of hydrogen-bond donors (Lipinski definition) is 0. The summed E-state index contributed by atoms with van der Waals surface area (Å²) in [6.07, 6.45) is 0. The first-order chi connectivity index (χ1) is 2.00. The molecule has 4 nitrogen and oxygen atoms in total. The second-order valence-electron chi connectivity index (χ2n) is 0.408. The van der Waals surface area contributed by atoms with E-state index in [4.69, 9.17) is 17.5 Å². The van der Waals surface area contributed by atoms with E-state index in [0.717, 1.165) is 0 Å². The van der Waals surface area contributed by atoms with Crippen LogP contribution in [0.5, 0.6) is 0 Å². The average molecular weight is 134 g/mol. The van der Waals surface area contributed by atoms with Crippen molar-refractivity contribution in [2.45, 2.75) is 0 Å². The molecule has 0 bridgehead atoms. The minimum Gasteiger partial charge on any atom is -0.759 e. The fourth-order valence-electron chi connectivity index (χ4n) is 0. The Morgan fingerprint density at radius 2 is 1.33 bits per heavy atom. The molecule has 0 aliphatic heterocycles. The first kappa shape index (κ1) is 9.81. The monoisotopic (exact) mass is 134 g/mol. The van der Waals surface area contributed by atoms with Gasteiger partial charge in [-0.2, -0.15) is 0 Å². The van der Waals surface area contributed by atoms with Gasteiger partial charge in [-0.05, 0) is 0 Å². The second kappa shape index (κ2) is 2.75. The van der Waals surface area contributed by atoms with Gasteiger partial charge in [-0.3, -0.25) is 8.42 Å². The third-order valence-electron chi connectivity index (χ3n) is 0. The Balaban J connectivity index is -0.00000000286. The maximum atomic E-state index is 8.52. The molecule has 0 saturated heterocycles. The molecule has 0 aromatic heterocycles. The largest absolute Gasteiger partial charge is 2.00 e. The molecule has 0 aromatic rings. The van der Waals surface area contributed by atoms with E-state index in [1.807, 2.05) is 0 Å². The Hall–Kier alpha value is 0.636. The summed E-state index contributed by atoms with van der Waals surface area (Å²) >= 11 is 0. The Morgan fingerprint density at radius 3 is 1.33 bits per heavy atom. The fraction of sp³-hybridized carbons (Fsp3) is 0. The zero-order valence-corrected chi connectivity index (χ0v) is 4.98. The summed E-state index contributed by atoms with van der Waals surface area (Å²) in [5, 5.41) is 0. The van der Waals surface area contributed by atoms with Gasteiger partial charge in [0.05, 0.1) is 0 Å². The third kappa shape index (κ3) is 151. The van der Waals surface area contributed by atoms with Crippen molar-refractivity contribution in [3.8, 4) is 0 Å². The van der Waals surface area contributed by atoms with Gasteiger partial charge in [0.2, 0.25) is 0 Å². The summed E-state index contributed by atoms with van der Waals surface area (Å²) in [6, 6.07) is 0. The molecule has 0 amide bonds. The summed E-state index contributed by atoms with van der Waals surface area (Å²) in [4.78, 5) is 0. The molecule has 0 spiro atoms. The Morgan fingerprint density at radius 1 is 1.33 bits per heavy atom. The molecular formula is H14MgO4S. The predicted molar refractivity (Wildman–Crippen MR) is 31.0 cm³/mol. The van der Waals surface area contributed by atoms with Crippen molar-refractivity contribution >= 4 is 33.5 Å². The van der Waals surface area contributed by atoms with Crippen LogP contribution in [0.4, 0.5) is 0 Å². The second-order valence-corrected chi connectivity index (χ2v) is 1.22. The van der Waals surface area contributed by atoms with Crippen molar-refractivity contribution in [1.82, 2.24) is 0 Å². The van der Waals surface area contributed by atoms with E-state index in [-0.39, 0.29) is 33.0 Å². The molecule has 0 rings (SSSR count). The molecule has 6 heavy (non-hydrogen) atoms. The van der Waals surface area contributed by atoms with Gasteiger partial charge in [0.25, 0.3) is 0 Å².